The van der Waals surface area contributed by atoms with Gasteiger partial charge < -0.3 is 25.5 Å². The average molecular weight is 196 g/mol. The number of aliphatic hydroxyl groups is 5. The minimum atomic E-state index is -1.39. The van der Waals surface area contributed by atoms with E-state index in [1.807, 2.05) is 0 Å². The molecule has 0 aromatic carbocycles. The second-order valence-corrected chi connectivity index (χ2v) is 4.08. The highest BCUT2D eigenvalue weighted by atomic mass is 32.2. The van der Waals surface area contributed by atoms with Crippen LogP contribution in [0.15, 0.2) is 0 Å². The van der Waals surface area contributed by atoms with Crippen LogP contribution in [-0.2, 0) is 0 Å². The summed E-state index contributed by atoms with van der Waals surface area (Å²) in [5.74, 6) is 0. The van der Waals surface area contributed by atoms with E-state index < -0.39 is 29.0 Å². The van der Waals surface area contributed by atoms with Gasteiger partial charge in [0.25, 0.3) is 0 Å². The molecule has 0 aromatic rings. The Balaban J connectivity index is 2.63. The quantitative estimate of drug-likeness (QED) is 0.318. The molecular formula is C6H12O5S. The maximum Gasteiger partial charge on any atom is 0.128 e. The highest BCUT2D eigenvalue weighted by molar-refractivity contribution is 8.00. The molecule has 1 rings (SSSR count). The molecular weight excluding hydrogens is 184 g/mol. The van der Waals surface area contributed by atoms with Crippen molar-refractivity contribution in [3.63, 3.8) is 0 Å². The predicted octanol–water partition coefficient (Wildman–Crippen LogP) is -2.50. The molecule has 0 saturated carbocycles. The van der Waals surface area contributed by atoms with Crippen LogP contribution >= 0.6 is 11.8 Å². The summed E-state index contributed by atoms with van der Waals surface area (Å²) in [5, 5.41) is 44.6. The van der Waals surface area contributed by atoms with Gasteiger partial charge in [0.2, 0.25) is 0 Å². The van der Waals surface area contributed by atoms with Crippen LogP contribution in [0.3, 0.4) is 0 Å². The fourth-order valence-electron chi connectivity index (χ4n) is 1.08. The predicted molar refractivity (Wildman–Crippen MR) is 42.5 cm³/mol. The molecule has 1 aliphatic heterocycles. The number of hydrogen-bond acceptors (Lipinski definition) is 6. The fourth-order valence-corrected chi connectivity index (χ4v) is 2.17. The third kappa shape index (κ3) is 1.73. The van der Waals surface area contributed by atoms with Crippen LogP contribution in [0.2, 0.25) is 0 Å². The van der Waals surface area contributed by atoms with E-state index >= 15 is 0 Å². The minimum Gasteiger partial charge on any atom is -0.395 e. The topological polar surface area (TPSA) is 101 Å². The average Bonchev–Trinajstić information content (AvgIpc) is 2.08. The molecule has 5 atom stereocenters. The molecule has 0 unspecified atom stereocenters. The fraction of sp³-hybridized carbons (Fsp3) is 1.00. The van der Waals surface area contributed by atoms with Gasteiger partial charge in [-0.25, -0.2) is 0 Å². The Morgan fingerprint density at radius 2 is 1.50 bits per heavy atom. The summed E-state index contributed by atoms with van der Waals surface area (Å²) in [4.78, 5) is 0. The lowest BCUT2D eigenvalue weighted by Crippen LogP contribution is -2.53. The summed E-state index contributed by atoms with van der Waals surface area (Å²) < 4.78 is 0. The summed E-state index contributed by atoms with van der Waals surface area (Å²) in [6, 6.07) is 0. The van der Waals surface area contributed by atoms with Crippen LogP contribution in [0.5, 0.6) is 0 Å². The third-order valence-electron chi connectivity index (χ3n) is 1.87. The maximum atomic E-state index is 9.22. The lowest BCUT2D eigenvalue weighted by molar-refractivity contribution is -0.0953. The highest BCUT2D eigenvalue weighted by Crippen LogP contribution is 2.30. The summed E-state index contributed by atoms with van der Waals surface area (Å²) in [7, 11) is 0. The summed E-state index contributed by atoms with van der Waals surface area (Å²) >= 11 is 0.852. The van der Waals surface area contributed by atoms with Crippen LogP contribution in [0, 0.1) is 0 Å². The molecule has 12 heavy (non-hydrogen) atoms. The van der Waals surface area contributed by atoms with Crippen molar-refractivity contribution in [2.75, 3.05) is 6.61 Å². The largest absolute Gasteiger partial charge is 0.395 e. The minimum absolute atomic E-state index is 0.341. The lowest BCUT2D eigenvalue weighted by Gasteiger charge is -2.36. The summed E-state index contributed by atoms with van der Waals surface area (Å²) in [6.07, 6.45) is -3.94. The Kier molecular flexibility index (Phi) is 3.33. The number of aliphatic hydroxyl groups excluding tert-OH is 5. The van der Waals surface area contributed by atoms with Gasteiger partial charge in [-0.05, 0) is 0 Å². The Hall–Kier alpha value is 0.150. The lowest BCUT2D eigenvalue weighted by atomic mass is 10.0. The van der Waals surface area contributed by atoms with Gasteiger partial charge >= 0.3 is 0 Å². The van der Waals surface area contributed by atoms with Gasteiger partial charge in [0, 0.05) is 0 Å². The van der Waals surface area contributed by atoms with E-state index in [1.54, 1.807) is 0 Å². The first-order valence-electron chi connectivity index (χ1n) is 3.56. The summed E-state index contributed by atoms with van der Waals surface area (Å²) in [6.45, 7) is -0.341. The van der Waals surface area contributed by atoms with E-state index in [0.29, 0.717) is 0 Å². The molecule has 1 heterocycles. The maximum absolute atomic E-state index is 9.22. The Bertz CT molecular complexity index is 150. The monoisotopic (exact) mass is 196 g/mol. The van der Waals surface area contributed by atoms with Crippen LogP contribution < -0.4 is 0 Å². The van der Waals surface area contributed by atoms with E-state index in [-0.39, 0.29) is 6.61 Å². The number of rotatable bonds is 1. The van der Waals surface area contributed by atoms with Gasteiger partial charge in [0.15, 0.2) is 0 Å². The van der Waals surface area contributed by atoms with Gasteiger partial charge in [-0.1, -0.05) is 0 Å². The first-order valence-corrected chi connectivity index (χ1v) is 4.50. The normalized spacial score (nSPS) is 49.2. The zero-order valence-electron chi connectivity index (χ0n) is 6.24. The standard InChI is InChI=1S/C6H12O5S/c7-1-2-3(8)4(9)5(10)6(11)12-2/h2-11H,1H2/t2-,3+,4+,5-,6-/m0/s1. The molecule has 0 bridgehead atoms. The number of thioether (sulfide) groups is 1. The van der Waals surface area contributed by atoms with Gasteiger partial charge in [0.1, 0.15) is 17.6 Å². The van der Waals surface area contributed by atoms with E-state index in [9.17, 15) is 5.11 Å². The van der Waals surface area contributed by atoms with Crippen molar-refractivity contribution in [1.82, 2.24) is 0 Å². The third-order valence-corrected chi connectivity index (χ3v) is 3.20. The van der Waals surface area contributed by atoms with E-state index in [0.717, 1.165) is 11.8 Å². The van der Waals surface area contributed by atoms with Gasteiger partial charge in [-0.2, -0.15) is 0 Å². The molecule has 6 heteroatoms. The number of hydrogen-bond donors (Lipinski definition) is 5. The van der Waals surface area contributed by atoms with Crippen molar-refractivity contribution in [2.24, 2.45) is 0 Å². The zero-order chi connectivity index (χ0) is 9.30. The second-order valence-electron chi connectivity index (χ2n) is 2.72. The van der Waals surface area contributed by atoms with Crippen molar-refractivity contribution in [3.8, 4) is 0 Å². The SMILES string of the molecule is OC[C@@H]1S[C@H](O)[C@@H](O)[C@H](O)[C@@H]1O. The van der Waals surface area contributed by atoms with Crippen molar-refractivity contribution in [2.45, 2.75) is 29.0 Å². The van der Waals surface area contributed by atoms with Crippen LogP contribution in [0.25, 0.3) is 0 Å². The van der Waals surface area contributed by atoms with Gasteiger partial charge in [-0.3, -0.25) is 0 Å². The molecule has 1 aliphatic rings. The van der Waals surface area contributed by atoms with Crippen LogP contribution in [0.4, 0.5) is 0 Å². The zero-order valence-corrected chi connectivity index (χ0v) is 7.05. The Morgan fingerprint density at radius 1 is 0.917 bits per heavy atom. The van der Waals surface area contributed by atoms with E-state index in [2.05, 4.69) is 0 Å². The Morgan fingerprint density at radius 3 is 2.00 bits per heavy atom. The summed E-state index contributed by atoms with van der Waals surface area (Å²) in [5.41, 5.74) is -1.15. The Labute approximate surface area is 73.7 Å². The van der Waals surface area contributed by atoms with Crippen molar-refractivity contribution >= 4 is 11.8 Å². The molecule has 5 nitrogen and oxygen atoms in total. The van der Waals surface area contributed by atoms with Gasteiger partial charge in [-0.15, -0.1) is 11.8 Å². The first kappa shape index (κ1) is 10.2. The highest BCUT2D eigenvalue weighted by Gasteiger charge is 2.42. The molecule has 0 amide bonds. The van der Waals surface area contributed by atoms with Crippen molar-refractivity contribution in [1.29, 1.82) is 0 Å². The molecule has 1 fully saturated rings. The van der Waals surface area contributed by atoms with Crippen LogP contribution in [0.1, 0.15) is 0 Å². The van der Waals surface area contributed by atoms with Crippen molar-refractivity contribution in [3.05, 3.63) is 0 Å². The molecule has 1 saturated heterocycles. The smallest absolute Gasteiger partial charge is 0.128 e. The van der Waals surface area contributed by atoms with Gasteiger partial charge in [0.05, 0.1) is 18.0 Å². The van der Waals surface area contributed by atoms with Crippen LogP contribution in [-0.4, -0.2) is 61.1 Å². The molecule has 0 aromatic heterocycles. The second kappa shape index (κ2) is 3.91. The van der Waals surface area contributed by atoms with E-state index in [1.165, 1.54) is 0 Å². The molecule has 72 valence electrons. The molecule has 5 N–H and O–H groups in total. The molecule has 0 aliphatic carbocycles. The molecule has 0 radical (unpaired) electrons. The van der Waals surface area contributed by atoms with Crippen molar-refractivity contribution < 1.29 is 25.5 Å². The molecule has 0 spiro atoms. The van der Waals surface area contributed by atoms with E-state index in [4.69, 9.17) is 20.4 Å². The first-order chi connectivity index (χ1) is 5.57.